The molecule has 3 nitrogen and oxygen atoms in total. The second kappa shape index (κ2) is 6.42. The van der Waals surface area contributed by atoms with Gasteiger partial charge in [0.15, 0.2) is 12.4 Å². The monoisotopic (exact) mass is 305 g/mol. The van der Waals surface area contributed by atoms with Gasteiger partial charge in [0.05, 0.1) is 16.7 Å². The number of carbonyl (C=O) groups excluding carboxylic acids is 1. The second-order valence-corrected chi connectivity index (χ2v) is 4.82. The molecule has 0 aromatic heterocycles. The fourth-order valence-corrected chi connectivity index (χ4v) is 1.88. The lowest BCUT2D eigenvalue weighted by Gasteiger charge is -2.07. The summed E-state index contributed by atoms with van der Waals surface area (Å²) in [6, 6.07) is 13.1. The average Bonchev–Trinajstić information content (AvgIpc) is 2.48. The van der Waals surface area contributed by atoms with Crippen LogP contribution in [0, 0.1) is 11.3 Å². The minimum atomic E-state index is -0.203. The predicted molar refractivity (Wildman–Crippen MR) is 77.4 cm³/mol. The van der Waals surface area contributed by atoms with Crippen molar-refractivity contribution < 1.29 is 9.53 Å². The lowest BCUT2D eigenvalue weighted by Crippen LogP contribution is -2.11. The van der Waals surface area contributed by atoms with Gasteiger partial charge in [0, 0.05) is 16.7 Å². The number of carbonyl (C=O) groups is 1. The smallest absolute Gasteiger partial charge is 0.200 e. The number of nitrogens with zero attached hydrogens (tertiary/aromatic N) is 1. The van der Waals surface area contributed by atoms with E-state index in [1.807, 2.05) is 6.07 Å². The van der Waals surface area contributed by atoms with Gasteiger partial charge in [-0.2, -0.15) is 5.26 Å². The van der Waals surface area contributed by atoms with Crippen LogP contribution in [-0.4, -0.2) is 12.4 Å². The fourth-order valence-electron chi connectivity index (χ4n) is 1.55. The van der Waals surface area contributed by atoms with Gasteiger partial charge in [0.1, 0.15) is 5.75 Å². The van der Waals surface area contributed by atoms with E-state index in [9.17, 15) is 4.79 Å². The molecule has 2 aromatic carbocycles. The lowest BCUT2D eigenvalue weighted by atomic mass is 10.1. The Labute approximate surface area is 126 Å². The Kier molecular flexibility index (Phi) is 4.62. The molecular formula is C15H9Cl2NO2. The van der Waals surface area contributed by atoms with Gasteiger partial charge in [-0.3, -0.25) is 4.79 Å². The molecule has 0 atom stereocenters. The molecule has 0 amide bonds. The Balaban J connectivity index is 2.04. The summed E-state index contributed by atoms with van der Waals surface area (Å²) in [7, 11) is 0. The van der Waals surface area contributed by atoms with Gasteiger partial charge in [-0.05, 0) is 36.4 Å². The van der Waals surface area contributed by atoms with Crippen molar-refractivity contribution in [3.8, 4) is 11.8 Å². The van der Waals surface area contributed by atoms with Crippen LogP contribution in [0.4, 0.5) is 0 Å². The molecule has 5 heteroatoms. The van der Waals surface area contributed by atoms with Gasteiger partial charge < -0.3 is 4.74 Å². The van der Waals surface area contributed by atoms with Crippen LogP contribution in [0.25, 0.3) is 0 Å². The first-order valence-electron chi connectivity index (χ1n) is 5.71. The van der Waals surface area contributed by atoms with Crippen molar-refractivity contribution >= 4 is 29.0 Å². The van der Waals surface area contributed by atoms with Crippen molar-refractivity contribution in [2.24, 2.45) is 0 Å². The molecule has 0 heterocycles. The maximum Gasteiger partial charge on any atom is 0.200 e. The lowest BCUT2D eigenvalue weighted by molar-refractivity contribution is 0.0921. The molecule has 0 radical (unpaired) electrons. The topological polar surface area (TPSA) is 50.1 Å². The van der Waals surface area contributed by atoms with Crippen LogP contribution >= 0.6 is 23.2 Å². The Morgan fingerprint density at radius 2 is 1.85 bits per heavy atom. The first-order chi connectivity index (χ1) is 9.60. The summed E-state index contributed by atoms with van der Waals surface area (Å²) < 4.78 is 5.36. The van der Waals surface area contributed by atoms with Crippen LogP contribution in [0.3, 0.4) is 0 Å². The average molecular weight is 306 g/mol. The van der Waals surface area contributed by atoms with E-state index in [0.29, 0.717) is 26.9 Å². The molecule has 2 aromatic rings. The molecule has 0 aliphatic rings. The quantitative estimate of drug-likeness (QED) is 0.798. The summed E-state index contributed by atoms with van der Waals surface area (Å²) >= 11 is 11.8. The van der Waals surface area contributed by atoms with Gasteiger partial charge in [0.2, 0.25) is 0 Å². The molecule has 100 valence electrons. The Bertz CT molecular complexity index is 675. The van der Waals surface area contributed by atoms with Crippen LogP contribution in [0.1, 0.15) is 15.9 Å². The normalized spacial score (nSPS) is 9.85. The van der Waals surface area contributed by atoms with E-state index in [4.69, 9.17) is 33.2 Å². The number of Topliss-reactive ketones (excluding diaryl/α,β-unsaturated/α-hetero) is 1. The third-order valence-electron chi connectivity index (χ3n) is 2.59. The van der Waals surface area contributed by atoms with E-state index in [1.165, 1.54) is 0 Å². The molecule has 0 N–H and O–H groups in total. The van der Waals surface area contributed by atoms with E-state index in [1.54, 1.807) is 42.5 Å². The molecule has 20 heavy (non-hydrogen) atoms. The number of rotatable bonds is 4. The number of hydrogen-bond donors (Lipinski definition) is 0. The third kappa shape index (κ3) is 3.51. The van der Waals surface area contributed by atoms with Crippen molar-refractivity contribution in [3.63, 3.8) is 0 Å². The standard InChI is InChI=1S/C15H9Cl2NO2/c16-12-5-6-13(17)15(7-12)20-9-14(19)11-3-1-10(8-18)2-4-11/h1-7H,9H2. The summed E-state index contributed by atoms with van der Waals surface area (Å²) in [5, 5.41) is 9.56. The maximum atomic E-state index is 11.9. The second-order valence-electron chi connectivity index (χ2n) is 3.98. The number of hydrogen-bond acceptors (Lipinski definition) is 3. The molecule has 2 rings (SSSR count). The third-order valence-corrected chi connectivity index (χ3v) is 3.14. The van der Waals surface area contributed by atoms with Crippen LogP contribution in [0.2, 0.25) is 10.0 Å². The van der Waals surface area contributed by atoms with E-state index in [0.717, 1.165) is 0 Å². The van der Waals surface area contributed by atoms with E-state index in [-0.39, 0.29) is 12.4 Å². The molecule has 0 unspecified atom stereocenters. The van der Waals surface area contributed by atoms with Crippen LogP contribution in [0.5, 0.6) is 5.75 Å². The van der Waals surface area contributed by atoms with E-state index < -0.39 is 0 Å². The van der Waals surface area contributed by atoms with Gasteiger partial charge in [-0.15, -0.1) is 0 Å². The summed E-state index contributed by atoms with van der Waals surface area (Å²) in [5.41, 5.74) is 0.975. The highest BCUT2D eigenvalue weighted by Crippen LogP contribution is 2.27. The summed E-state index contributed by atoms with van der Waals surface area (Å²) in [5.74, 6) is 0.159. The first kappa shape index (κ1) is 14.4. The van der Waals surface area contributed by atoms with Gasteiger partial charge in [-0.1, -0.05) is 23.2 Å². The largest absolute Gasteiger partial charge is 0.484 e. The number of ketones is 1. The summed E-state index contributed by atoms with van der Waals surface area (Å²) in [6.45, 7) is -0.147. The Morgan fingerprint density at radius 3 is 2.50 bits per heavy atom. The molecule has 0 fully saturated rings. The van der Waals surface area contributed by atoms with Crippen LogP contribution in [-0.2, 0) is 0 Å². The van der Waals surface area contributed by atoms with Gasteiger partial charge in [-0.25, -0.2) is 0 Å². The van der Waals surface area contributed by atoms with Crippen LogP contribution < -0.4 is 4.74 Å². The van der Waals surface area contributed by atoms with Gasteiger partial charge in [0.25, 0.3) is 0 Å². The van der Waals surface area contributed by atoms with Crippen molar-refractivity contribution in [1.82, 2.24) is 0 Å². The van der Waals surface area contributed by atoms with E-state index in [2.05, 4.69) is 0 Å². The molecular weight excluding hydrogens is 297 g/mol. The number of halogens is 2. The first-order valence-corrected chi connectivity index (χ1v) is 6.47. The van der Waals surface area contributed by atoms with Crippen molar-refractivity contribution in [3.05, 3.63) is 63.6 Å². The minimum absolute atomic E-state index is 0.147. The number of benzene rings is 2. The molecule has 0 bridgehead atoms. The number of ether oxygens (including phenoxy) is 1. The van der Waals surface area contributed by atoms with Crippen molar-refractivity contribution in [2.75, 3.05) is 6.61 Å². The molecule has 0 saturated carbocycles. The molecule has 0 saturated heterocycles. The fraction of sp³-hybridized carbons (Fsp3) is 0.0667. The van der Waals surface area contributed by atoms with E-state index >= 15 is 0 Å². The zero-order valence-corrected chi connectivity index (χ0v) is 11.8. The highest BCUT2D eigenvalue weighted by molar-refractivity contribution is 6.34. The highest BCUT2D eigenvalue weighted by atomic mass is 35.5. The number of nitriles is 1. The Morgan fingerprint density at radius 1 is 1.15 bits per heavy atom. The predicted octanol–water partition coefficient (Wildman–Crippen LogP) is 4.13. The molecule has 0 aliphatic carbocycles. The highest BCUT2D eigenvalue weighted by Gasteiger charge is 2.09. The molecule has 0 spiro atoms. The maximum absolute atomic E-state index is 11.9. The molecule has 0 aliphatic heterocycles. The van der Waals surface area contributed by atoms with Crippen molar-refractivity contribution in [2.45, 2.75) is 0 Å². The summed E-state index contributed by atoms with van der Waals surface area (Å²) in [6.07, 6.45) is 0. The zero-order valence-electron chi connectivity index (χ0n) is 10.3. The minimum Gasteiger partial charge on any atom is -0.484 e. The van der Waals surface area contributed by atoms with Gasteiger partial charge >= 0.3 is 0 Å². The van der Waals surface area contributed by atoms with Crippen molar-refractivity contribution in [1.29, 1.82) is 5.26 Å². The van der Waals surface area contributed by atoms with Crippen LogP contribution in [0.15, 0.2) is 42.5 Å². The zero-order chi connectivity index (χ0) is 14.5. The Hall–Kier alpha value is -2.02. The SMILES string of the molecule is N#Cc1ccc(C(=O)COc2cc(Cl)ccc2Cl)cc1. The summed E-state index contributed by atoms with van der Waals surface area (Å²) in [4.78, 5) is 11.9.